The van der Waals surface area contributed by atoms with Crippen LogP contribution in [0.3, 0.4) is 0 Å². The van der Waals surface area contributed by atoms with E-state index in [1.807, 2.05) is 0 Å². The Morgan fingerprint density at radius 3 is 2.00 bits per heavy atom. The van der Waals surface area contributed by atoms with Gasteiger partial charge in [0.25, 0.3) is 0 Å². The average molecular weight is 392 g/mol. The molecule has 0 amide bonds. The maximum absolute atomic E-state index is 11.1. The van der Waals surface area contributed by atoms with Crippen LogP contribution in [0.15, 0.2) is 0 Å². The molecule has 2 heterocycles. The number of hydrogen-bond acceptors (Lipinski definition) is 9. The molecule has 0 aromatic heterocycles. The minimum Gasteiger partial charge on any atom is -0.480 e. The van der Waals surface area contributed by atoms with Gasteiger partial charge in [-0.1, -0.05) is 0 Å². The van der Waals surface area contributed by atoms with E-state index in [-0.39, 0.29) is 0 Å². The molecule has 0 radical (unpaired) electrons. The maximum atomic E-state index is 11.1. The number of aliphatic carboxylic acids is 2. The summed E-state index contributed by atoms with van der Waals surface area (Å²) in [6, 6.07) is -1.54. The molecule has 2 rings (SSSR count). The number of hydrogen-bond donors (Lipinski definition) is 6. The van der Waals surface area contributed by atoms with Crippen molar-refractivity contribution >= 4 is 11.9 Å². The lowest BCUT2D eigenvalue weighted by atomic mass is 9.93. The second kappa shape index (κ2) is 9.73. The third-order valence-electron chi connectivity index (χ3n) is 5.19. The molecular weight excluding hydrogens is 364 g/mol. The average Bonchev–Trinajstić information content (AvgIpc) is 2.62. The van der Waals surface area contributed by atoms with Gasteiger partial charge >= 0.3 is 11.9 Å². The Morgan fingerprint density at radius 1 is 0.926 bits per heavy atom. The molecule has 2 aliphatic heterocycles. The number of piperazine rings is 1. The highest BCUT2D eigenvalue weighted by molar-refractivity contribution is 5.97. The second-order valence-electron chi connectivity index (χ2n) is 6.97. The summed E-state index contributed by atoms with van der Waals surface area (Å²) in [7, 11) is 0. The molecule has 5 atom stereocenters. The first-order valence-electron chi connectivity index (χ1n) is 8.98. The first kappa shape index (κ1) is 22.0. The van der Waals surface area contributed by atoms with Gasteiger partial charge in [0.05, 0.1) is 12.7 Å². The van der Waals surface area contributed by atoms with Crippen molar-refractivity contribution in [3.05, 3.63) is 0 Å². The highest BCUT2D eigenvalue weighted by Gasteiger charge is 2.43. The Labute approximate surface area is 156 Å². The van der Waals surface area contributed by atoms with Gasteiger partial charge in [-0.25, -0.2) is 9.59 Å². The Hall–Kier alpha value is -1.34. The fourth-order valence-corrected chi connectivity index (χ4v) is 3.60. The summed E-state index contributed by atoms with van der Waals surface area (Å²) in [4.78, 5) is 25.6. The molecule has 0 aliphatic carbocycles. The lowest BCUT2D eigenvalue weighted by Crippen LogP contribution is -2.58. The molecule has 2 aliphatic rings. The van der Waals surface area contributed by atoms with Gasteiger partial charge in [0.1, 0.15) is 24.4 Å². The summed E-state index contributed by atoms with van der Waals surface area (Å²) in [6.07, 6.45) is -4.59. The predicted molar refractivity (Wildman–Crippen MR) is 90.1 cm³/mol. The molecule has 156 valence electrons. The highest BCUT2D eigenvalue weighted by atomic mass is 16.5. The van der Waals surface area contributed by atoms with E-state index in [0.29, 0.717) is 45.6 Å². The SMILES string of the molecule is O=C(O)C(C(=O)O)N1CCN(CCC[C@@H]2OC(CO)C(O)C(O)C2O)CC1. The van der Waals surface area contributed by atoms with E-state index in [2.05, 4.69) is 4.90 Å². The number of carboxylic acids is 2. The van der Waals surface area contributed by atoms with Crippen molar-refractivity contribution in [2.45, 2.75) is 49.4 Å². The minimum atomic E-state index is -1.54. The van der Waals surface area contributed by atoms with Crippen molar-refractivity contribution in [1.82, 2.24) is 9.80 Å². The molecule has 0 aromatic rings. The van der Waals surface area contributed by atoms with Crippen molar-refractivity contribution in [2.24, 2.45) is 0 Å². The van der Waals surface area contributed by atoms with Crippen LogP contribution < -0.4 is 0 Å². The lowest BCUT2D eigenvalue weighted by Gasteiger charge is -2.40. The molecule has 11 heteroatoms. The van der Waals surface area contributed by atoms with E-state index in [9.17, 15) is 30.0 Å². The Bertz CT molecular complexity index is 496. The first-order valence-corrected chi connectivity index (χ1v) is 8.98. The maximum Gasteiger partial charge on any atom is 0.332 e. The van der Waals surface area contributed by atoms with Crippen LogP contribution in [-0.2, 0) is 14.3 Å². The Balaban J connectivity index is 1.75. The third-order valence-corrected chi connectivity index (χ3v) is 5.19. The van der Waals surface area contributed by atoms with E-state index in [1.165, 1.54) is 4.90 Å². The smallest absolute Gasteiger partial charge is 0.332 e. The van der Waals surface area contributed by atoms with Crippen LogP contribution >= 0.6 is 0 Å². The third kappa shape index (κ3) is 5.35. The summed E-state index contributed by atoms with van der Waals surface area (Å²) in [5, 5.41) is 56.8. The van der Waals surface area contributed by atoms with Gasteiger partial charge in [0.15, 0.2) is 0 Å². The van der Waals surface area contributed by atoms with Crippen molar-refractivity contribution in [2.75, 3.05) is 39.3 Å². The van der Waals surface area contributed by atoms with Crippen LogP contribution in [0, 0.1) is 0 Å². The van der Waals surface area contributed by atoms with Crippen molar-refractivity contribution in [1.29, 1.82) is 0 Å². The molecule has 2 saturated heterocycles. The zero-order valence-electron chi connectivity index (χ0n) is 14.9. The van der Waals surface area contributed by atoms with E-state index in [4.69, 9.17) is 14.9 Å². The van der Waals surface area contributed by atoms with Crippen LogP contribution in [0.1, 0.15) is 12.8 Å². The predicted octanol–water partition coefficient (Wildman–Crippen LogP) is -3.24. The molecule has 4 unspecified atom stereocenters. The number of carbonyl (C=O) groups is 2. The van der Waals surface area contributed by atoms with Crippen molar-refractivity contribution < 1.29 is 45.0 Å². The standard InChI is InChI=1S/C16H28N2O9/c19-8-10-13(21)14(22)12(20)9(27-10)2-1-3-17-4-6-18(7-5-17)11(15(23)24)16(25)26/h9-14,19-22H,1-8H2,(H,23,24)(H,25,26)/t9-,10?,12?,13?,14?/m0/s1. The van der Waals surface area contributed by atoms with E-state index >= 15 is 0 Å². The van der Waals surface area contributed by atoms with Gasteiger partial charge < -0.3 is 40.3 Å². The number of carboxylic acid groups (broad SMARTS) is 2. The van der Waals surface area contributed by atoms with Crippen molar-refractivity contribution in [3.8, 4) is 0 Å². The molecule has 6 N–H and O–H groups in total. The van der Waals surface area contributed by atoms with E-state index in [0.717, 1.165) is 0 Å². The number of nitrogens with zero attached hydrogens (tertiary/aromatic N) is 2. The normalized spacial score (nSPS) is 33.3. The number of aliphatic hydroxyl groups is 4. The largest absolute Gasteiger partial charge is 0.480 e. The van der Waals surface area contributed by atoms with Gasteiger partial charge in [0, 0.05) is 26.2 Å². The quantitative estimate of drug-likeness (QED) is 0.229. The zero-order chi connectivity index (χ0) is 20.1. The highest BCUT2D eigenvalue weighted by Crippen LogP contribution is 2.24. The molecule has 2 fully saturated rings. The van der Waals surface area contributed by atoms with Crippen molar-refractivity contribution in [3.63, 3.8) is 0 Å². The Kier molecular flexibility index (Phi) is 7.91. The molecular formula is C16H28N2O9. The Morgan fingerprint density at radius 2 is 1.48 bits per heavy atom. The van der Waals surface area contributed by atoms with Crippen LogP contribution in [0.25, 0.3) is 0 Å². The fourth-order valence-electron chi connectivity index (χ4n) is 3.60. The number of aliphatic hydroxyl groups excluding tert-OH is 4. The van der Waals surface area contributed by atoms with Gasteiger partial charge in [-0.3, -0.25) is 4.90 Å². The minimum absolute atomic E-state index is 0.323. The van der Waals surface area contributed by atoms with Crippen LogP contribution in [0.5, 0.6) is 0 Å². The number of rotatable bonds is 8. The van der Waals surface area contributed by atoms with Crippen LogP contribution in [0.2, 0.25) is 0 Å². The van der Waals surface area contributed by atoms with Crippen LogP contribution in [-0.4, -0.2) is 128 Å². The molecule has 11 nitrogen and oxygen atoms in total. The molecule has 27 heavy (non-hydrogen) atoms. The van der Waals surface area contributed by atoms with Gasteiger partial charge in [-0.15, -0.1) is 0 Å². The topological polar surface area (TPSA) is 171 Å². The van der Waals surface area contributed by atoms with Gasteiger partial charge in [0.2, 0.25) is 6.04 Å². The number of ether oxygens (including phenoxy) is 1. The summed E-state index contributed by atoms with van der Waals surface area (Å²) in [6.45, 7) is 1.86. The zero-order valence-corrected chi connectivity index (χ0v) is 14.9. The van der Waals surface area contributed by atoms with Gasteiger partial charge in [-0.05, 0) is 19.4 Å². The molecule has 0 spiro atoms. The molecule has 0 bridgehead atoms. The van der Waals surface area contributed by atoms with Crippen LogP contribution in [0.4, 0.5) is 0 Å². The molecule has 0 aromatic carbocycles. The second-order valence-corrected chi connectivity index (χ2v) is 6.97. The monoisotopic (exact) mass is 392 g/mol. The first-order chi connectivity index (χ1) is 12.8. The molecule has 0 saturated carbocycles. The van der Waals surface area contributed by atoms with E-state index in [1.54, 1.807) is 0 Å². The summed E-state index contributed by atoms with van der Waals surface area (Å²) in [5.74, 6) is -2.75. The lowest BCUT2D eigenvalue weighted by molar-refractivity contribution is -0.230. The fraction of sp³-hybridized carbons (Fsp3) is 0.875. The summed E-state index contributed by atoms with van der Waals surface area (Å²) in [5.41, 5.74) is 0. The summed E-state index contributed by atoms with van der Waals surface area (Å²) < 4.78 is 5.45. The van der Waals surface area contributed by atoms with E-state index < -0.39 is 55.1 Å². The van der Waals surface area contributed by atoms with Gasteiger partial charge in [-0.2, -0.15) is 0 Å². The summed E-state index contributed by atoms with van der Waals surface area (Å²) >= 11 is 0.